The minimum atomic E-state index is 0.864. The minimum Gasteiger partial charge on any atom is -0.456 e. The van der Waals surface area contributed by atoms with E-state index in [1.807, 2.05) is 23.5 Å². The van der Waals surface area contributed by atoms with Crippen LogP contribution in [0.5, 0.6) is 0 Å². The highest BCUT2D eigenvalue weighted by atomic mass is 32.1. The number of para-hydroxylation sites is 1. The van der Waals surface area contributed by atoms with Gasteiger partial charge in [-0.05, 0) is 87.9 Å². The maximum Gasteiger partial charge on any atom is 0.143 e. The molecule has 3 nitrogen and oxygen atoms in total. The summed E-state index contributed by atoms with van der Waals surface area (Å²) in [5.74, 6) is 0. The highest BCUT2D eigenvalue weighted by Crippen LogP contribution is 2.50. The zero-order chi connectivity index (χ0) is 35.3. The molecular formula is C50H29NO2S. The van der Waals surface area contributed by atoms with Gasteiger partial charge in [-0.25, -0.2) is 0 Å². The number of anilines is 3. The van der Waals surface area contributed by atoms with Crippen molar-refractivity contribution in [1.82, 2.24) is 0 Å². The fourth-order valence-corrected chi connectivity index (χ4v) is 9.75. The SMILES string of the molecule is c1ccc2c(-c3ccc(N(c4ccc5c(c4)oc4ccccc45)c4cccc5sc6ccc7oc8c9ccccc9ccc8c7c6c45)cc3)cccc2c1. The molecule has 0 saturated heterocycles. The zero-order valence-corrected chi connectivity index (χ0v) is 29.7. The first-order valence-electron chi connectivity index (χ1n) is 18.2. The highest BCUT2D eigenvalue weighted by Gasteiger charge is 2.23. The van der Waals surface area contributed by atoms with E-state index >= 15 is 0 Å². The van der Waals surface area contributed by atoms with E-state index in [1.165, 1.54) is 47.5 Å². The average molecular weight is 708 g/mol. The topological polar surface area (TPSA) is 29.5 Å². The number of nitrogens with zero attached hydrogens (tertiary/aromatic N) is 1. The Labute approximate surface area is 313 Å². The number of fused-ring (bicyclic) bond motifs is 13. The lowest BCUT2D eigenvalue weighted by atomic mass is 9.98. The van der Waals surface area contributed by atoms with Crippen molar-refractivity contribution in [2.24, 2.45) is 0 Å². The Balaban J connectivity index is 1.13. The number of hydrogen-bond acceptors (Lipinski definition) is 4. The molecule has 0 fully saturated rings. The van der Waals surface area contributed by atoms with Crippen LogP contribution in [0.2, 0.25) is 0 Å². The van der Waals surface area contributed by atoms with Crippen LogP contribution in [0.4, 0.5) is 17.1 Å². The van der Waals surface area contributed by atoms with Gasteiger partial charge in [-0.1, -0.05) is 109 Å². The van der Waals surface area contributed by atoms with Crippen molar-refractivity contribution >= 4 is 114 Å². The van der Waals surface area contributed by atoms with E-state index in [2.05, 4.69) is 169 Å². The standard InChI is InChI=1S/C50H29NO2S/c1-3-12-35-30(9-1)11-7-15-36(35)32-19-22-33(23-20-32)51(34-24-26-39-38-14-5-6-17-42(38)52-44(39)29-34)41-16-8-18-45-48(41)49-46(54-45)28-27-43-47(49)40-25-21-31-10-2-4-13-37(31)50(40)53-43/h1-29H. The van der Waals surface area contributed by atoms with Gasteiger partial charge < -0.3 is 13.7 Å². The van der Waals surface area contributed by atoms with Crippen molar-refractivity contribution in [3.05, 3.63) is 176 Å². The van der Waals surface area contributed by atoms with Crippen LogP contribution < -0.4 is 4.90 Å². The molecule has 4 heteroatoms. The number of hydrogen-bond donors (Lipinski definition) is 0. The summed E-state index contributed by atoms with van der Waals surface area (Å²) in [4.78, 5) is 2.39. The quantitative estimate of drug-likeness (QED) is 0.182. The van der Waals surface area contributed by atoms with Crippen LogP contribution in [-0.2, 0) is 0 Å². The molecule has 3 heterocycles. The third-order valence-electron chi connectivity index (χ3n) is 11.1. The Morgan fingerprint density at radius 1 is 0.389 bits per heavy atom. The first-order valence-corrected chi connectivity index (χ1v) is 19.1. The van der Waals surface area contributed by atoms with Gasteiger partial charge >= 0.3 is 0 Å². The van der Waals surface area contributed by atoms with Crippen molar-refractivity contribution in [2.75, 3.05) is 4.90 Å². The molecule has 0 aliphatic rings. The van der Waals surface area contributed by atoms with Gasteiger partial charge in [0.05, 0.1) is 5.69 Å². The molecule has 0 saturated carbocycles. The molecule has 3 aromatic heterocycles. The summed E-state index contributed by atoms with van der Waals surface area (Å²) in [5, 5.41) is 11.8. The van der Waals surface area contributed by atoms with Gasteiger partial charge in [-0.3, -0.25) is 0 Å². The molecule has 0 N–H and O–H groups in total. The predicted molar refractivity (Wildman–Crippen MR) is 229 cm³/mol. The van der Waals surface area contributed by atoms with E-state index in [0.29, 0.717) is 0 Å². The third-order valence-corrected chi connectivity index (χ3v) is 12.2. The molecule has 0 unspecified atom stereocenters. The van der Waals surface area contributed by atoms with Gasteiger partial charge in [-0.2, -0.15) is 0 Å². The number of benzene rings is 9. The molecule has 54 heavy (non-hydrogen) atoms. The molecule has 0 amide bonds. The second-order valence-electron chi connectivity index (χ2n) is 14.0. The van der Waals surface area contributed by atoms with Crippen molar-refractivity contribution in [3.63, 3.8) is 0 Å². The fraction of sp³-hybridized carbons (Fsp3) is 0. The lowest BCUT2D eigenvalue weighted by Gasteiger charge is -2.27. The van der Waals surface area contributed by atoms with Crippen LogP contribution in [0, 0.1) is 0 Å². The molecule has 0 aliphatic heterocycles. The summed E-state index contributed by atoms with van der Waals surface area (Å²) in [6.07, 6.45) is 0. The fourth-order valence-electron chi connectivity index (χ4n) is 8.62. The Hall–Kier alpha value is -6.88. The van der Waals surface area contributed by atoms with Crippen molar-refractivity contribution < 1.29 is 8.83 Å². The summed E-state index contributed by atoms with van der Waals surface area (Å²) < 4.78 is 15.6. The van der Waals surface area contributed by atoms with Crippen molar-refractivity contribution in [3.8, 4) is 11.1 Å². The van der Waals surface area contributed by atoms with Gasteiger partial charge in [0.25, 0.3) is 0 Å². The lowest BCUT2D eigenvalue weighted by molar-refractivity contribution is 0.669. The third kappa shape index (κ3) is 4.29. The average Bonchev–Trinajstić information content (AvgIpc) is 3.92. The van der Waals surface area contributed by atoms with E-state index in [4.69, 9.17) is 8.83 Å². The normalized spacial score (nSPS) is 12.1. The summed E-state index contributed by atoms with van der Waals surface area (Å²) >= 11 is 1.83. The largest absolute Gasteiger partial charge is 0.456 e. The summed E-state index contributed by atoms with van der Waals surface area (Å²) in [6, 6.07) is 63.0. The second-order valence-corrected chi connectivity index (χ2v) is 15.1. The lowest BCUT2D eigenvalue weighted by Crippen LogP contribution is -2.10. The Morgan fingerprint density at radius 3 is 1.96 bits per heavy atom. The van der Waals surface area contributed by atoms with E-state index < -0.39 is 0 Å². The molecule has 0 atom stereocenters. The molecule has 0 spiro atoms. The van der Waals surface area contributed by atoms with Crippen LogP contribution in [0.3, 0.4) is 0 Å². The van der Waals surface area contributed by atoms with E-state index in [9.17, 15) is 0 Å². The molecule has 0 aliphatic carbocycles. The van der Waals surface area contributed by atoms with Gasteiger partial charge in [0.1, 0.15) is 22.3 Å². The van der Waals surface area contributed by atoms with E-state index in [-0.39, 0.29) is 0 Å². The van der Waals surface area contributed by atoms with Crippen LogP contribution in [0.25, 0.3) is 96.7 Å². The molecule has 9 aromatic carbocycles. The predicted octanol–water partition coefficient (Wildman–Crippen LogP) is 15.3. The second kappa shape index (κ2) is 11.3. The first kappa shape index (κ1) is 29.7. The smallest absolute Gasteiger partial charge is 0.143 e. The van der Waals surface area contributed by atoms with Crippen LogP contribution in [0.1, 0.15) is 0 Å². The van der Waals surface area contributed by atoms with E-state index in [0.717, 1.165) is 66.3 Å². The van der Waals surface area contributed by atoms with Crippen LogP contribution in [0.15, 0.2) is 185 Å². The van der Waals surface area contributed by atoms with Gasteiger partial charge in [0.15, 0.2) is 0 Å². The molecule has 0 radical (unpaired) electrons. The molecule has 252 valence electrons. The Morgan fingerprint density at radius 2 is 1.07 bits per heavy atom. The Bertz CT molecular complexity index is 3450. The number of furan rings is 2. The summed E-state index contributed by atoms with van der Waals surface area (Å²) in [5.41, 5.74) is 9.20. The van der Waals surface area contributed by atoms with Gasteiger partial charge in [-0.15, -0.1) is 11.3 Å². The summed E-state index contributed by atoms with van der Waals surface area (Å²) in [7, 11) is 0. The zero-order valence-electron chi connectivity index (χ0n) is 28.9. The summed E-state index contributed by atoms with van der Waals surface area (Å²) in [6.45, 7) is 0. The molecule has 0 bridgehead atoms. The number of thiophene rings is 1. The van der Waals surface area contributed by atoms with Crippen LogP contribution >= 0.6 is 11.3 Å². The molecular weight excluding hydrogens is 679 g/mol. The first-order chi connectivity index (χ1) is 26.8. The molecule has 12 rings (SSSR count). The Kier molecular flexibility index (Phi) is 6.21. The van der Waals surface area contributed by atoms with E-state index in [1.54, 1.807) is 0 Å². The monoisotopic (exact) mass is 707 g/mol. The minimum absolute atomic E-state index is 0.864. The highest BCUT2D eigenvalue weighted by molar-refractivity contribution is 7.26. The molecule has 12 aromatic rings. The van der Waals surface area contributed by atoms with Crippen molar-refractivity contribution in [1.29, 1.82) is 0 Å². The van der Waals surface area contributed by atoms with Crippen LogP contribution in [-0.4, -0.2) is 0 Å². The van der Waals surface area contributed by atoms with Crippen molar-refractivity contribution in [2.45, 2.75) is 0 Å². The number of rotatable bonds is 4. The maximum absolute atomic E-state index is 6.70. The van der Waals surface area contributed by atoms with Gasteiger partial charge in [0, 0.05) is 64.5 Å². The van der Waals surface area contributed by atoms with Gasteiger partial charge in [0.2, 0.25) is 0 Å². The maximum atomic E-state index is 6.70.